The van der Waals surface area contributed by atoms with E-state index >= 15 is 0 Å². The van der Waals surface area contributed by atoms with E-state index in [1.807, 2.05) is 30.3 Å². The molecule has 1 aromatic rings. The average molecular weight is 362 g/mol. The molecule has 0 saturated carbocycles. The van der Waals surface area contributed by atoms with Crippen LogP contribution in [0.25, 0.3) is 0 Å². The fourth-order valence-electron chi connectivity index (χ4n) is 2.36. The summed E-state index contributed by atoms with van der Waals surface area (Å²) in [6, 6.07) is 9.19. The van der Waals surface area contributed by atoms with Crippen LogP contribution in [-0.2, 0) is 30.4 Å². The Hall–Kier alpha value is -1.07. The van der Waals surface area contributed by atoms with Gasteiger partial charge in [0.15, 0.2) is 6.29 Å². The van der Waals surface area contributed by atoms with Gasteiger partial charge >= 0.3 is 0 Å². The second-order valence-electron chi connectivity index (χ2n) is 5.63. The van der Waals surface area contributed by atoms with Crippen molar-refractivity contribution in [3.8, 4) is 0 Å². The standard InChI is InChI=1S/C15H22O8S/c1-24(19,20)22-8-7-11-12(16)13(17)14(18)15(23-11)21-9-10-5-3-2-4-6-10/h2-6,11-18H,7-9H2,1H3/t11-,12+,13+,14+,15-/m0/s1. The van der Waals surface area contributed by atoms with Crippen molar-refractivity contribution in [3.63, 3.8) is 0 Å². The molecule has 0 amide bonds. The molecule has 0 bridgehead atoms. The molecule has 8 nitrogen and oxygen atoms in total. The van der Waals surface area contributed by atoms with E-state index in [1.54, 1.807) is 0 Å². The number of hydrogen-bond donors (Lipinski definition) is 3. The molecule has 1 heterocycles. The number of ether oxygens (including phenoxy) is 2. The highest BCUT2D eigenvalue weighted by Gasteiger charge is 2.44. The summed E-state index contributed by atoms with van der Waals surface area (Å²) in [6.45, 7) is -0.0628. The molecule has 0 aromatic heterocycles. The summed E-state index contributed by atoms with van der Waals surface area (Å²) < 4.78 is 37.4. The molecule has 1 aliphatic rings. The predicted molar refractivity (Wildman–Crippen MR) is 83.3 cm³/mol. The van der Waals surface area contributed by atoms with Crippen LogP contribution < -0.4 is 0 Å². The molecule has 0 aliphatic carbocycles. The van der Waals surface area contributed by atoms with E-state index in [0.29, 0.717) is 0 Å². The molecular formula is C15H22O8S. The predicted octanol–water partition coefficient (Wildman–Crippen LogP) is -0.623. The van der Waals surface area contributed by atoms with E-state index in [9.17, 15) is 23.7 Å². The number of aliphatic hydroxyl groups is 3. The summed E-state index contributed by atoms with van der Waals surface area (Å²) in [6.07, 6.45) is -5.41. The first-order valence-electron chi connectivity index (χ1n) is 7.47. The lowest BCUT2D eigenvalue weighted by molar-refractivity contribution is -0.301. The summed E-state index contributed by atoms with van der Waals surface area (Å²) in [4.78, 5) is 0. The summed E-state index contributed by atoms with van der Waals surface area (Å²) in [7, 11) is -3.61. The van der Waals surface area contributed by atoms with E-state index in [4.69, 9.17) is 9.47 Å². The molecule has 0 radical (unpaired) electrons. The van der Waals surface area contributed by atoms with Crippen LogP contribution >= 0.6 is 0 Å². The summed E-state index contributed by atoms with van der Waals surface area (Å²) in [5.41, 5.74) is 0.853. The van der Waals surface area contributed by atoms with Gasteiger partial charge in [-0.1, -0.05) is 30.3 Å². The monoisotopic (exact) mass is 362 g/mol. The van der Waals surface area contributed by atoms with E-state index in [0.717, 1.165) is 11.8 Å². The third kappa shape index (κ3) is 5.49. The Balaban J connectivity index is 1.92. The van der Waals surface area contributed by atoms with Gasteiger partial charge in [0.2, 0.25) is 0 Å². The third-order valence-electron chi connectivity index (χ3n) is 3.63. The minimum Gasteiger partial charge on any atom is -0.388 e. The first kappa shape index (κ1) is 19.3. The lowest BCUT2D eigenvalue weighted by Gasteiger charge is -2.40. The third-order valence-corrected chi connectivity index (χ3v) is 4.22. The zero-order valence-electron chi connectivity index (χ0n) is 13.2. The van der Waals surface area contributed by atoms with Gasteiger partial charge in [-0.25, -0.2) is 0 Å². The van der Waals surface area contributed by atoms with Gasteiger partial charge in [-0.15, -0.1) is 0 Å². The molecule has 2 rings (SSSR count). The second kappa shape index (κ2) is 8.34. The fraction of sp³-hybridized carbons (Fsp3) is 0.600. The molecule has 9 heteroatoms. The van der Waals surface area contributed by atoms with Gasteiger partial charge in [0.25, 0.3) is 10.1 Å². The first-order chi connectivity index (χ1) is 11.3. The molecule has 0 unspecified atom stereocenters. The normalized spacial score (nSPS) is 31.1. The van der Waals surface area contributed by atoms with Gasteiger partial charge in [-0.05, 0) is 5.56 Å². The Kier molecular flexibility index (Phi) is 6.70. The van der Waals surface area contributed by atoms with Crippen molar-refractivity contribution in [3.05, 3.63) is 35.9 Å². The Labute approximate surface area is 140 Å². The van der Waals surface area contributed by atoms with Gasteiger partial charge < -0.3 is 24.8 Å². The second-order valence-corrected chi connectivity index (χ2v) is 7.27. The maximum absolute atomic E-state index is 11.0. The van der Waals surface area contributed by atoms with Gasteiger partial charge in [0, 0.05) is 6.42 Å². The summed E-state index contributed by atoms with van der Waals surface area (Å²) in [5, 5.41) is 29.8. The van der Waals surface area contributed by atoms with Crippen molar-refractivity contribution in [2.45, 2.75) is 43.7 Å². The van der Waals surface area contributed by atoms with Crippen molar-refractivity contribution >= 4 is 10.1 Å². The molecule has 1 aliphatic heterocycles. The molecule has 3 N–H and O–H groups in total. The highest BCUT2D eigenvalue weighted by atomic mass is 32.2. The highest BCUT2D eigenvalue weighted by Crippen LogP contribution is 2.25. The van der Waals surface area contributed by atoms with Crippen molar-refractivity contribution in [2.24, 2.45) is 0 Å². The number of rotatable bonds is 7. The topological polar surface area (TPSA) is 123 Å². The van der Waals surface area contributed by atoms with Crippen molar-refractivity contribution in [2.75, 3.05) is 12.9 Å². The molecule has 24 heavy (non-hydrogen) atoms. The maximum atomic E-state index is 11.0. The molecule has 1 fully saturated rings. The van der Waals surface area contributed by atoms with Crippen LogP contribution in [0.1, 0.15) is 12.0 Å². The van der Waals surface area contributed by atoms with E-state index in [2.05, 4.69) is 4.18 Å². The Bertz CT molecular complexity index is 605. The van der Waals surface area contributed by atoms with Crippen LogP contribution in [0.4, 0.5) is 0 Å². The van der Waals surface area contributed by atoms with Crippen molar-refractivity contribution < 1.29 is 37.4 Å². The Morgan fingerprint density at radius 1 is 1.08 bits per heavy atom. The lowest BCUT2D eigenvalue weighted by Crippen LogP contribution is -2.58. The van der Waals surface area contributed by atoms with Crippen LogP contribution in [0.15, 0.2) is 30.3 Å². The molecule has 5 atom stereocenters. The van der Waals surface area contributed by atoms with Crippen LogP contribution in [0, 0.1) is 0 Å². The van der Waals surface area contributed by atoms with Gasteiger partial charge in [0.1, 0.15) is 18.3 Å². The Morgan fingerprint density at radius 3 is 2.38 bits per heavy atom. The van der Waals surface area contributed by atoms with Crippen LogP contribution in [0.3, 0.4) is 0 Å². The molecule has 1 saturated heterocycles. The van der Waals surface area contributed by atoms with Crippen molar-refractivity contribution in [1.82, 2.24) is 0 Å². The first-order valence-corrected chi connectivity index (χ1v) is 9.29. The molecular weight excluding hydrogens is 340 g/mol. The number of benzene rings is 1. The average Bonchev–Trinajstić information content (AvgIpc) is 2.53. The number of hydrogen-bond acceptors (Lipinski definition) is 8. The summed E-state index contributed by atoms with van der Waals surface area (Å²) in [5.74, 6) is 0. The smallest absolute Gasteiger partial charge is 0.264 e. The lowest BCUT2D eigenvalue weighted by atomic mass is 9.97. The van der Waals surface area contributed by atoms with Gasteiger partial charge in [0.05, 0.1) is 25.6 Å². The maximum Gasteiger partial charge on any atom is 0.264 e. The minimum atomic E-state index is -3.61. The zero-order valence-corrected chi connectivity index (χ0v) is 14.0. The van der Waals surface area contributed by atoms with E-state index in [1.165, 1.54) is 0 Å². The van der Waals surface area contributed by atoms with E-state index < -0.39 is 40.8 Å². The number of aliphatic hydroxyl groups excluding tert-OH is 3. The SMILES string of the molecule is CS(=O)(=O)OCC[C@@H]1O[C@H](OCc2ccccc2)[C@H](O)[C@H](O)[C@@H]1O. The minimum absolute atomic E-state index is 0.0171. The van der Waals surface area contributed by atoms with Gasteiger partial charge in [-0.2, -0.15) is 8.42 Å². The van der Waals surface area contributed by atoms with Gasteiger partial charge in [-0.3, -0.25) is 4.18 Å². The van der Waals surface area contributed by atoms with E-state index in [-0.39, 0.29) is 19.6 Å². The molecule has 136 valence electrons. The molecule has 0 spiro atoms. The molecule has 1 aromatic carbocycles. The van der Waals surface area contributed by atoms with Crippen LogP contribution in [-0.4, -0.2) is 67.3 Å². The largest absolute Gasteiger partial charge is 0.388 e. The van der Waals surface area contributed by atoms with Crippen molar-refractivity contribution in [1.29, 1.82) is 0 Å². The fourth-order valence-corrected chi connectivity index (χ4v) is 2.76. The highest BCUT2D eigenvalue weighted by molar-refractivity contribution is 7.85. The summed E-state index contributed by atoms with van der Waals surface area (Å²) >= 11 is 0. The van der Waals surface area contributed by atoms with Crippen LogP contribution in [0.5, 0.6) is 0 Å². The quantitative estimate of drug-likeness (QED) is 0.549. The Morgan fingerprint density at radius 2 is 1.75 bits per heavy atom. The zero-order chi connectivity index (χ0) is 17.7. The van der Waals surface area contributed by atoms with Crippen LogP contribution in [0.2, 0.25) is 0 Å².